The quantitative estimate of drug-likeness (QED) is 0.215. The molecule has 3 aromatic carbocycles. The second-order valence-corrected chi connectivity index (χ2v) is 10.1. The van der Waals surface area contributed by atoms with Gasteiger partial charge < -0.3 is 25.0 Å². The molecule has 7 nitrogen and oxygen atoms in total. The molecule has 0 aliphatic rings. The van der Waals surface area contributed by atoms with Crippen LogP contribution >= 0.6 is 7.37 Å². The van der Waals surface area contributed by atoms with E-state index in [1.165, 1.54) is 0 Å². The molecule has 0 fully saturated rings. The van der Waals surface area contributed by atoms with Crippen molar-refractivity contribution in [1.82, 2.24) is 4.98 Å². The predicted molar refractivity (Wildman–Crippen MR) is 138 cm³/mol. The number of pyridine rings is 1. The van der Waals surface area contributed by atoms with Gasteiger partial charge in [-0.3, -0.25) is 4.57 Å². The monoisotopic (exact) mass is 477 g/mol. The molecule has 0 radical (unpaired) electrons. The number of nitrogens with zero attached hydrogens (tertiary/aromatic N) is 1. The average Bonchev–Trinajstić information content (AvgIpc) is 2.82. The molecule has 0 aliphatic carbocycles. The van der Waals surface area contributed by atoms with Crippen LogP contribution in [0.15, 0.2) is 72.9 Å². The molecule has 1 aromatic heterocycles. The molecule has 0 aliphatic heterocycles. The van der Waals surface area contributed by atoms with Crippen molar-refractivity contribution in [2.45, 2.75) is 13.8 Å². The third-order valence-electron chi connectivity index (χ3n) is 5.22. The lowest BCUT2D eigenvalue weighted by molar-refractivity contribution is 0.333. The highest BCUT2D eigenvalue weighted by Gasteiger charge is 2.23. The van der Waals surface area contributed by atoms with Gasteiger partial charge in [0.05, 0.1) is 18.5 Å². The molecular weight excluding hydrogens is 449 g/mol. The number of benzene rings is 3. The third-order valence-corrected chi connectivity index (χ3v) is 7.22. The molecule has 3 N–H and O–H groups in total. The Balaban J connectivity index is 1.59. The highest BCUT2D eigenvalue weighted by molar-refractivity contribution is 7.66. The lowest BCUT2D eigenvalue weighted by Gasteiger charge is -2.18. The number of hydrogen-bond donors (Lipinski definition) is 2. The first-order valence-electron chi connectivity index (χ1n) is 11.1. The van der Waals surface area contributed by atoms with Gasteiger partial charge in [-0.2, -0.15) is 0 Å². The molecule has 34 heavy (non-hydrogen) atoms. The van der Waals surface area contributed by atoms with Crippen LogP contribution in [0.25, 0.3) is 10.8 Å². The Morgan fingerprint density at radius 2 is 1.74 bits per heavy atom. The van der Waals surface area contributed by atoms with Crippen molar-refractivity contribution >= 4 is 40.6 Å². The van der Waals surface area contributed by atoms with Gasteiger partial charge in [-0.05, 0) is 44.2 Å². The Morgan fingerprint density at radius 1 is 0.941 bits per heavy atom. The van der Waals surface area contributed by atoms with Gasteiger partial charge in [0.25, 0.3) is 0 Å². The van der Waals surface area contributed by atoms with Gasteiger partial charge in [0.1, 0.15) is 23.1 Å². The van der Waals surface area contributed by atoms with E-state index in [9.17, 15) is 4.57 Å². The van der Waals surface area contributed by atoms with Crippen LogP contribution in [-0.2, 0) is 9.09 Å². The summed E-state index contributed by atoms with van der Waals surface area (Å²) in [6, 6.07) is 20.5. The van der Waals surface area contributed by atoms with Crippen molar-refractivity contribution in [2.75, 3.05) is 30.9 Å². The van der Waals surface area contributed by atoms with Crippen LogP contribution in [0.2, 0.25) is 0 Å². The first kappa shape index (κ1) is 23.6. The fourth-order valence-corrected chi connectivity index (χ4v) is 5.22. The van der Waals surface area contributed by atoms with Gasteiger partial charge in [0.2, 0.25) is 7.37 Å². The summed E-state index contributed by atoms with van der Waals surface area (Å²) >= 11 is 0. The number of ether oxygens (including phenoxy) is 2. The number of rotatable bonds is 9. The number of nitrogen functional groups attached to an aromatic ring is 1. The summed E-state index contributed by atoms with van der Waals surface area (Å²) in [6.07, 6.45) is 1.67. The lowest BCUT2D eigenvalue weighted by Crippen LogP contribution is -2.12. The van der Waals surface area contributed by atoms with Gasteiger partial charge in [-0.1, -0.05) is 24.3 Å². The Kier molecular flexibility index (Phi) is 7.06. The van der Waals surface area contributed by atoms with E-state index in [1.54, 1.807) is 31.1 Å². The largest absolute Gasteiger partial charge is 0.493 e. The minimum Gasteiger partial charge on any atom is -0.493 e. The first-order chi connectivity index (χ1) is 16.4. The van der Waals surface area contributed by atoms with Gasteiger partial charge in [0.15, 0.2) is 0 Å². The topological polar surface area (TPSA) is 95.7 Å². The first-order valence-corrected chi connectivity index (χ1v) is 13.2. The van der Waals surface area contributed by atoms with Crippen molar-refractivity contribution < 1.29 is 18.6 Å². The maximum atomic E-state index is 13.0. The summed E-state index contributed by atoms with van der Waals surface area (Å²) in [4.78, 5) is 4.40. The number of hydrogen-bond acceptors (Lipinski definition) is 7. The minimum atomic E-state index is -2.98. The Labute approximate surface area is 199 Å². The smallest absolute Gasteiger partial charge is 0.232 e. The summed E-state index contributed by atoms with van der Waals surface area (Å²) in [7, 11) is -2.98. The minimum absolute atomic E-state index is 0.360. The van der Waals surface area contributed by atoms with Crippen LogP contribution in [0.3, 0.4) is 0 Å². The standard InChI is InChI=1S/C26H28N3O4P/c1-4-31-24-16-18(10-13-25(24)34(3,30)32-5-2)29-26-17-19(14-15-28-26)33-23-12-11-22(27)20-8-6-7-9-21(20)23/h6-17H,4-5,27H2,1-3H3,(H,28,29). The third kappa shape index (κ3) is 5.16. The fraction of sp³-hybridized carbons (Fsp3) is 0.192. The molecule has 4 rings (SSSR count). The highest BCUT2D eigenvalue weighted by Crippen LogP contribution is 2.45. The van der Waals surface area contributed by atoms with Crippen LogP contribution in [-0.4, -0.2) is 24.9 Å². The molecule has 0 saturated heterocycles. The van der Waals surface area contributed by atoms with Crippen LogP contribution < -0.4 is 25.8 Å². The zero-order chi connectivity index (χ0) is 24.1. The molecular formula is C26H28N3O4P. The zero-order valence-corrected chi connectivity index (χ0v) is 20.3. The highest BCUT2D eigenvalue weighted by atomic mass is 31.2. The van der Waals surface area contributed by atoms with Crippen LogP contribution in [0.5, 0.6) is 17.2 Å². The second kappa shape index (κ2) is 10.2. The summed E-state index contributed by atoms with van der Waals surface area (Å²) in [6.45, 7) is 6.11. The van der Waals surface area contributed by atoms with E-state index in [-0.39, 0.29) is 0 Å². The van der Waals surface area contributed by atoms with Crippen molar-refractivity contribution in [3.8, 4) is 17.2 Å². The Bertz CT molecular complexity index is 1360. The van der Waals surface area contributed by atoms with Gasteiger partial charge in [-0.15, -0.1) is 0 Å². The van der Waals surface area contributed by atoms with Crippen LogP contribution in [0.4, 0.5) is 17.2 Å². The molecule has 0 spiro atoms. The van der Waals surface area contributed by atoms with E-state index in [0.29, 0.717) is 47.3 Å². The summed E-state index contributed by atoms with van der Waals surface area (Å²) in [5.41, 5.74) is 7.55. The number of fused-ring (bicyclic) bond motifs is 1. The van der Waals surface area contributed by atoms with E-state index >= 15 is 0 Å². The summed E-state index contributed by atoms with van der Waals surface area (Å²) in [5, 5.41) is 5.70. The van der Waals surface area contributed by atoms with E-state index in [2.05, 4.69) is 10.3 Å². The van der Waals surface area contributed by atoms with Crippen LogP contribution in [0, 0.1) is 0 Å². The van der Waals surface area contributed by atoms with E-state index in [0.717, 1.165) is 16.5 Å². The number of aromatic nitrogens is 1. The lowest BCUT2D eigenvalue weighted by atomic mass is 10.1. The van der Waals surface area contributed by atoms with Gasteiger partial charge >= 0.3 is 0 Å². The van der Waals surface area contributed by atoms with Crippen molar-refractivity contribution in [1.29, 1.82) is 0 Å². The average molecular weight is 478 g/mol. The van der Waals surface area contributed by atoms with E-state index < -0.39 is 7.37 Å². The fourth-order valence-electron chi connectivity index (χ4n) is 3.72. The Hall–Kier alpha value is -3.54. The summed E-state index contributed by atoms with van der Waals surface area (Å²) in [5.74, 6) is 2.45. The number of anilines is 3. The number of nitrogens with one attached hydrogen (secondary N) is 1. The van der Waals surface area contributed by atoms with E-state index in [4.69, 9.17) is 19.7 Å². The van der Waals surface area contributed by atoms with Crippen molar-refractivity contribution in [3.05, 3.63) is 72.9 Å². The Morgan fingerprint density at radius 3 is 2.50 bits per heavy atom. The molecule has 0 saturated carbocycles. The zero-order valence-electron chi connectivity index (χ0n) is 19.4. The summed E-state index contributed by atoms with van der Waals surface area (Å²) < 4.78 is 30.4. The molecule has 1 atom stereocenters. The van der Waals surface area contributed by atoms with Crippen LogP contribution in [0.1, 0.15) is 13.8 Å². The molecule has 176 valence electrons. The molecule has 0 bridgehead atoms. The van der Waals surface area contributed by atoms with Crippen molar-refractivity contribution in [2.24, 2.45) is 0 Å². The normalized spacial score (nSPS) is 12.8. The van der Waals surface area contributed by atoms with Crippen molar-refractivity contribution in [3.63, 3.8) is 0 Å². The van der Waals surface area contributed by atoms with Gasteiger partial charge in [-0.25, -0.2) is 4.98 Å². The maximum Gasteiger partial charge on any atom is 0.232 e. The molecule has 4 aromatic rings. The molecule has 0 amide bonds. The van der Waals surface area contributed by atoms with Gasteiger partial charge in [0, 0.05) is 47.1 Å². The maximum absolute atomic E-state index is 13.0. The SMILES string of the molecule is CCOc1cc(Nc2cc(Oc3ccc(N)c4ccccc34)ccn2)ccc1P(C)(=O)OCC. The second-order valence-electron chi connectivity index (χ2n) is 7.68. The molecule has 1 unspecified atom stereocenters. The molecule has 1 heterocycles. The predicted octanol–water partition coefficient (Wildman–Crippen LogP) is 6.32. The molecule has 8 heteroatoms. The van der Waals surface area contributed by atoms with E-state index in [1.807, 2.05) is 62.4 Å². The number of nitrogens with two attached hydrogens (primary N) is 1.